The summed E-state index contributed by atoms with van der Waals surface area (Å²) in [6.45, 7) is 0. The molecule has 1 aromatic carbocycles. The van der Waals surface area contributed by atoms with Crippen LogP contribution in [0.15, 0.2) is 34.5 Å². The number of halogens is 3. The molecule has 0 spiro atoms. The first-order chi connectivity index (χ1) is 10.0. The van der Waals surface area contributed by atoms with E-state index in [2.05, 4.69) is 5.32 Å². The van der Waals surface area contributed by atoms with Gasteiger partial charge in [-0.05, 0) is 23.6 Å². The first-order valence-electron chi connectivity index (χ1n) is 5.69. The molecule has 1 heterocycles. The van der Waals surface area contributed by atoms with Crippen LogP contribution in [0.1, 0.15) is 9.67 Å². The predicted molar refractivity (Wildman–Crippen MR) is 82.1 cm³/mol. The van der Waals surface area contributed by atoms with E-state index in [0.29, 0.717) is 28.2 Å². The largest absolute Gasteiger partial charge is 0.493 e. The summed E-state index contributed by atoms with van der Waals surface area (Å²) in [6, 6.07) is 6.39. The van der Waals surface area contributed by atoms with Gasteiger partial charge in [0.05, 0.1) is 17.8 Å². The predicted octanol–water partition coefficient (Wildman–Crippen LogP) is 4.98. The lowest BCUT2D eigenvalue weighted by Crippen LogP contribution is -2.12. The van der Waals surface area contributed by atoms with E-state index < -0.39 is 11.7 Å². The SMILES string of the molecule is COc1c(Cl)cccc1NC(=O)c1sccc1SC(F)F. The molecule has 0 saturated carbocycles. The number of amides is 1. The van der Waals surface area contributed by atoms with E-state index in [9.17, 15) is 13.6 Å². The van der Waals surface area contributed by atoms with Gasteiger partial charge in [-0.25, -0.2) is 0 Å². The van der Waals surface area contributed by atoms with E-state index in [0.717, 1.165) is 11.3 Å². The lowest BCUT2D eigenvalue weighted by molar-refractivity contribution is 0.102. The minimum Gasteiger partial charge on any atom is -0.493 e. The van der Waals surface area contributed by atoms with Gasteiger partial charge in [0.15, 0.2) is 5.75 Å². The Hall–Kier alpha value is -1.31. The van der Waals surface area contributed by atoms with Gasteiger partial charge >= 0.3 is 0 Å². The van der Waals surface area contributed by atoms with Crippen molar-refractivity contribution in [3.05, 3.63) is 39.5 Å². The van der Waals surface area contributed by atoms with Crippen molar-refractivity contribution in [1.29, 1.82) is 0 Å². The number of hydrogen-bond donors (Lipinski definition) is 1. The molecule has 0 aliphatic carbocycles. The average molecular weight is 350 g/mol. The molecule has 0 fully saturated rings. The normalized spacial score (nSPS) is 10.7. The van der Waals surface area contributed by atoms with Gasteiger partial charge in [-0.3, -0.25) is 4.79 Å². The van der Waals surface area contributed by atoms with Crippen LogP contribution in [0.25, 0.3) is 0 Å². The van der Waals surface area contributed by atoms with E-state index in [4.69, 9.17) is 16.3 Å². The number of para-hydroxylation sites is 1. The molecule has 0 aliphatic rings. The van der Waals surface area contributed by atoms with Crippen molar-refractivity contribution >= 4 is 46.3 Å². The van der Waals surface area contributed by atoms with E-state index in [-0.39, 0.29) is 9.77 Å². The fraction of sp³-hybridized carbons (Fsp3) is 0.154. The van der Waals surface area contributed by atoms with Crippen molar-refractivity contribution in [2.45, 2.75) is 10.7 Å². The molecule has 1 aromatic heterocycles. The van der Waals surface area contributed by atoms with Crippen LogP contribution < -0.4 is 10.1 Å². The van der Waals surface area contributed by atoms with E-state index in [1.807, 2.05) is 0 Å². The third-order valence-corrected chi connectivity index (χ3v) is 4.58. The third kappa shape index (κ3) is 3.87. The first kappa shape index (κ1) is 16.1. The van der Waals surface area contributed by atoms with Crippen LogP contribution in [0.3, 0.4) is 0 Å². The highest BCUT2D eigenvalue weighted by Crippen LogP contribution is 2.35. The summed E-state index contributed by atoms with van der Waals surface area (Å²) < 4.78 is 30.0. The van der Waals surface area contributed by atoms with E-state index in [1.165, 1.54) is 13.2 Å². The summed E-state index contributed by atoms with van der Waals surface area (Å²) in [5.41, 5.74) is 0.386. The van der Waals surface area contributed by atoms with Crippen LogP contribution >= 0.6 is 34.7 Å². The molecule has 3 nitrogen and oxygen atoms in total. The van der Waals surface area contributed by atoms with Crippen LogP contribution in [0, 0.1) is 0 Å². The smallest absolute Gasteiger partial charge is 0.288 e. The number of nitrogens with one attached hydrogen (secondary N) is 1. The Kier molecular flexibility index (Phi) is 5.44. The minimum atomic E-state index is -2.58. The Balaban J connectivity index is 2.23. The van der Waals surface area contributed by atoms with Crippen molar-refractivity contribution in [3.8, 4) is 5.75 Å². The summed E-state index contributed by atoms with van der Waals surface area (Å²) in [5.74, 6) is -2.73. The van der Waals surface area contributed by atoms with Gasteiger partial charge in [0, 0.05) is 4.90 Å². The number of carbonyl (C=O) groups excluding carboxylic acids is 1. The van der Waals surface area contributed by atoms with Crippen molar-refractivity contribution in [3.63, 3.8) is 0 Å². The molecule has 2 rings (SSSR count). The number of alkyl halides is 2. The summed E-state index contributed by atoms with van der Waals surface area (Å²) in [7, 11) is 1.43. The number of carbonyl (C=O) groups is 1. The van der Waals surface area contributed by atoms with E-state index in [1.54, 1.807) is 23.6 Å². The van der Waals surface area contributed by atoms with Crippen LogP contribution in [0.2, 0.25) is 5.02 Å². The molecule has 0 aliphatic heterocycles. The third-order valence-electron chi connectivity index (χ3n) is 2.47. The zero-order valence-electron chi connectivity index (χ0n) is 10.7. The molecule has 1 amide bonds. The second-order valence-electron chi connectivity index (χ2n) is 3.77. The number of thioether (sulfide) groups is 1. The summed E-state index contributed by atoms with van der Waals surface area (Å²) >= 11 is 7.40. The molecule has 8 heteroatoms. The van der Waals surface area contributed by atoms with Crippen LogP contribution in [0.5, 0.6) is 5.75 Å². The van der Waals surface area contributed by atoms with Gasteiger partial charge in [-0.15, -0.1) is 11.3 Å². The van der Waals surface area contributed by atoms with Gasteiger partial charge in [-0.2, -0.15) is 8.78 Å². The quantitative estimate of drug-likeness (QED) is 0.774. The topological polar surface area (TPSA) is 38.3 Å². The van der Waals surface area contributed by atoms with Gasteiger partial charge in [0.25, 0.3) is 11.7 Å². The van der Waals surface area contributed by atoms with Crippen molar-refractivity contribution in [2.24, 2.45) is 0 Å². The fourth-order valence-corrected chi connectivity index (χ4v) is 3.49. The molecule has 0 bridgehead atoms. The van der Waals surface area contributed by atoms with Crippen LogP contribution in [-0.2, 0) is 0 Å². The first-order valence-corrected chi connectivity index (χ1v) is 7.82. The van der Waals surface area contributed by atoms with Gasteiger partial charge in [0.1, 0.15) is 4.88 Å². The second-order valence-corrected chi connectivity index (χ2v) is 6.12. The number of methoxy groups -OCH3 is 1. The molecule has 1 N–H and O–H groups in total. The highest BCUT2D eigenvalue weighted by atomic mass is 35.5. The van der Waals surface area contributed by atoms with Crippen LogP contribution in [-0.4, -0.2) is 18.8 Å². The number of benzene rings is 1. The maximum Gasteiger partial charge on any atom is 0.288 e. The monoisotopic (exact) mass is 349 g/mol. The summed E-state index contributed by atoms with van der Waals surface area (Å²) in [4.78, 5) is 12.7. The summed E-state index contributed by atoms with van der Waals surface area (Å²) in [6.07, 6.45) is 0. The molecule has 2 aromatic rings. The molecule has 0 atom stereocenters. The average Bonchev–Trinajstić information content (AvgIpc) is 2.86. The summed E-state index contributed by atoms with van der Waals surface area (Å²) in [5, 5.41) is 4.56. The Labute approximate surface area is 133 Å². The molecule has 112 valence electrons. The second kappa shape index (κ2) is 7.11. The van der Waals surface area contributed by atoms with Crippen molar-refractivity contribution in [2.75, 3.05) is 12.4 Å². The lowest BCUT2D eigenvalue weighted by atomic mass is 10.3. The maximum absolute atomic E-state index is 12.4. The Morgan fingerprint density at radius 3 is 2.86 bits per heavy atom. The van der Waals surface area contributed by atoms with Crippen molar-refractivity contribution in [1.82, 2.24) is 0 Å². The van der Waals surface area contributed by atoms with Gasteiger partial charge < -0.3 is 10.1 Å². The highest BCUT2D eigenvalue weighted by Gasteiger charge is 2.19. The number of hydrogen-bond acceptors (Lipinski definition) is 4. The zero-order chi connectivity index (χ0) is 15.4. The lowest BCUT2D eigenvalue weighted by Gasteiger charge is -2.11. The number of rotatable bonds is 5. The zero-order valence-corrected chi connectivity index (χ0v) is 13.1. The van der Waals surface area contributed by atoms with Crippen molar-refractivity contribution < 1.29 is 18.3 Å². The van der Waals surface area contributed by atoms with Gasteiger partial charge in [0.2, 0.25) is 0 Å². The molecular weight excluding hydrogens is 340 g/mol. The number of ether oxygens (including phenoxy) is 1. The minimum absolute atomic E-state index is 0.224. The fourth-order valence-electron chi connectivity index (χ4n) is 1.65. The molecule has 0 saturated heterocycles. The Morgan fingerprint density at radius 2 is 2.19 bits per heavy atom. The number of thiophene rings is 1. The molecule has 21 heavy (non-hydrogen) atoms. The maximum atomic E-state index is 12.4. The number of anilines is 1. The molecular formula is C13H10ClF2NO2S2. The van der Waals surface area contributed by atoms with Gasteiger partial charge in [-0.1, -0.05) is 29.4 Å². The molecule has 0 unspecified atom stereocenters. The standard InChI is InChI=1S/C13H10ClF2NO2S2/c1-19-10-7(14)3-2-4-8(10)17-12(18)11-9(5-6-20-11)21-13(15)16/h2-6,13H,1H3,(H,17,18). The highest BCUT2D eigenvalue weighted by molar-refractivity contribution is 7.99. The van der Waals surface area contributed by atoms with Crippen LogP contribution in [0.4, 0.5) is 14.5 Å². The van der Waals surface area contributed by atoms with E-state index >= 15 is 0 Å². The molecule has 0 radical (unpaired) electrons. The Morgan fingerprint density at radius 1 is 1.43 bits per heavy atom. The Bertz CT molecular complexity index is 649.